The number of rotatable bonds is 6. The van der Waals surface area contributed by atoms with E-state index in [4.69, 9.17) is 9.84 Å². The van der Waals surface area contributed by atoms with E-state index in [0.29, 0.717) is 18.7 Å². The minimum Gasteiger partial charge on any atom is -0.481 e. The van der Waals surface area contributed by atoms with E-state index in [1.54, 1.807) is 4.90 Å². The van der Waals surface area contributed by atoms with Gasteiger partial charge in [0.2, 0.25) is 0 Å². The minimum atomic E-state index is -0.863. The molecule has 2 rings (SSSR count). The zero-order chi connectivity index (χ0) is 16.1. The molecule has 22 heavy (non-hydrogen) atoms. The Balaban J connectivity index is 2.08. The molecule has 0 aliphatic carbocycles. The maximum atomic E-state index is 12.7. The molecule has 5 heteroatoms. The van der Waals surface area contributed by atoms with Gasteiger partial charge in [0.1, 0.15) is 5.75 Å². The number of ether oxygens (including phenoxy) is 1. The van der Waals surface area contributed by atoms with Crippen LogP contribution in [0.5, 0.6) is 5.75 Å². The zero-order valence-electron chi connectivity index (χ0n) is 13.1. The first-order valence-corrected chi connectivity index (χ1v) is 7.77. The molecule has 1 aliphatic heterocycles. The predicted octanol–water partition coefficient (Wildman–Crippen LogP) is 2.62. The van der Waals surface area contributed by atoms with Crippen LogP contribution in [-0.2, 0) is 9.59 Å². The van der Waals surface area contributed by atoms with Gasteiger partial charge in [-0.2, -0.15) is 0 Å². The van der Waals surface area contributed by atoms with Crippen LogP contribution < -0.4 is 4.74 Å². The smallest absolute Gasteiger partial charge is 0.305 e. The lowest BCUT2D eigenvalue weighted by atomic mass is 10.1. The summed E-state index contributed by atoms with van der Waals surface area (Å²) in [6, 6.07) is 7.39. The molecule has 0 bridgehead atoms. The molecule has 1 aliphatic rings. The van der Waals surface area contributed by atoms with Crippen LogP contribution in [-0.4, -0.2) is 40.6 Å². The van der Waals surface area contributed by atoms with Crippen LogP contribution in [0.4, 0.5) is 0 Å². The van der Waals surface area contributed by atoms with Crippen molar-refractivity contribution in [1.82, 2.24) is 4.90 Å². The van der Waals surface area contributed by atoms with Crippen molar-refractivity contribution in [3.05, 3.63) is 29.8 Å². The summed E-state index contributed by atoms with van der Waals surface area (Å²) in [6.45, 7) is 4.46. The first-order valence-electron chi connectivity index (χ1n) is 7.77. The van der Waals surface area contributed by atoms with Gasteiger partial charge in [0, 0.05) is 12.6 Å². The van der Waals surface area contributed by atoms with Gasteiger partial charge in [-0.25, -0.2) is 0 Å². The number of amides is 1. The maximum absolute atomic E-state index is 12.7. The molecular formula is C17H23NO4. The topological polar surface area (TPSA) is 66.8 Å². The first-order chi connectivity index (χ1) is 10.5. The standard InChI is InChI=1S/C17H23NO4/c1-3-14(22-15-9-5-4-7-12(15)2)17(21)18-10-6-8-13(18)11-16(19)20/h4-5,7,9,13-14H,3,6,8,10-11H2,1-2H3,(H,19,20). The predicted molar refractivity (Wildman–Crippen MR) is 82.9 cm³/mol. The number of para-hydroxylation sites is 1. The molecule has 120 valence electrons. The van der Waals surface area contributed by atoms with Gasteiger partial charge < -0.3 is 14.7 Å². The van der Waals surface area contributed by atoms with E-state index in [1.165, 1.54) is 0 Å². The normalized spacial score (nSPS) is 19.0. The van der Waals surface area contributed by atoms with Crippen LogP contribution in [0.15, 0.2) is 24.3 Å². The Bertz CT molecular complexity index is 543. The largest absolute Gasteiger partial charge is 0.481 e. The Morgan fingerprint density at radius 1 is 1.41 bits per heavy atom. The number of aryl methyl sites for hydroxylation is 1. The number of carbonyl (C=O) groups is 2. The fourth-order valence-electron chi connectivity index (χ4n) is 2.87. The Kier molecular flexibility index (Phi) is 5.41. The van der Waals surface area contributed by atoms with Gasteiger partial charge in [-0.15, -0.1) is 0 Å². The van der Waals surface area contributed by atoms with Gasteiger partial charge in [0.25, 0.3) is 5.91 Å². The summed E-state index contributed by atoms with van der Waals surface area (Å²) in [5.41, 5.74) is 0.984. The van der Waals surface area contributed by atoms with Gasteiger partial charge in [-0.05, 0) is 37.8 Å². The molecule has 0 aromatic heterocycles. The van der Waals surface area contributed by atoms with Gasteiger partial charge in [-0.3, -0.25) is 9.59 Å². The summed E-state index contributed by atoms with van der Waals surface area (Å²) in [7, 11) is 0. The second kappa shape index (κ2) is 7.29. The lowest BCUT2D eigenvalue weighted by Crippen LogP contribution is -2.45. The van der Waals surface area contributed by atoms with Crippen molar-refractivity contribution in [1.29, 1.82) is 0 Å². The summed E-state index contributed by atoms with van der Waals surface area (Å²) in [6.07, 6.45) is 1.61. The average Bonchev–Trinajstić information content (AvgIpc) is 2.93. The highest BCUT2D eigenvalue weighted by molar-refractivity contribution is 5.82. The second-order valence-corrected chi connectivity index (χ2v) is 5.71. The molecule has 0 saturated carbocycles. The van der Waals surface area contributed by atoms with Crippen molar-refractivity contribution in [2.24, 2.45) is 0 Å². The molecule has 2 atom stereocenters. The second-order valence-electron chi connectivity index (χ2n) is 5.71. The number of carboxylic acid groups (broad SMARTS) is 1. The van der Waals surface area contributed by atoms with E-state index in [2.05, 4.69) is 0 Å². The van der Waals surface area contributed by atoms with Crippen molar-refractivity contribution in [2.75, 3.05) is 6.54 Å². The number of carboxylic acids is 1. The van der Waals surface area contributed by atoms with Gasteiger partial charge in [0.15, 0.2) is 6.10 Å². The van der Waals surface area contributed by atoms with E-state index in [-0.39, 0.29) is 18.4 Å². The minimum absolute atomic E-state index is 0.00649. The number of hydrogen-bond acceptors (Lipinski definition) is 3. The van der Waals surface area contributed by atoms with Crippen LogP contribution in [0.1, 0.15) is 38.2 Å². The molecule has 1 aromatic carbocycles. The number of benzene rings is 1. The highest BCUT2D eigenvalue weighted by Crippen LogP contribution is 2.24. The van der Waals surface area contributed by atoms with Crippen LogP contribution in [0, 0.1) is 6.92 Å². The van der Waals surface area contributed by atoms with E-state index < -0.39 is 12.1 Å². The van der Waals surface area contributed by atoms with Crippen LogP contribution in [0.25, 0.3) is 0 Å². The molecule has 1 saturated heterocycles. The molecular weight excluding hydrogens is 282 g/mol. The van der Waals surface area contributed by atoms with Crippen molar-refractivity contribution < 1.29 is 19.4 Å². The molecule has 0 spiro atoms. The van der Waals surface area contributed by atoms with Crippen molar-refractivity contribution >= 4 is 11.9 Å². The quantitative estimate of drug-likeness (QED) is 0.877. The molecule has 1 aromatic rings. The van der Waals surface area contributed by atoms with Gasteiger partial charge >= 0.3 is 5.97 Å². The Morgan fingerprint density at radius 2 is 2.14 bits per heavy atom. The molecule has 5 nitrogen and oxygen atoms in total. The number of likely N-dealkylation sites (tertiary alicyclic amines) is 1. The number of hydrogen-bond donors (Lipinski definition) is 1. The fraction of sp³-hybridized carbons (Fsp3) is 0.529. The first kappa shape index (κ1) is 16.3. The van der Waals surface area contributed by atoms with Crippen LogP contribution in [0.3, 0.4) is 0 Å². The van der Waals surface area contributed by atoms with E-state index in [1.807, 2.05) is 38.1 Å². The third-order valence-electron chi connectivity index (χ3n) is 4.08. The summed E-state index contributed by atoms with van der Waals surface area (Å²) in [4.78, 5) is 25.3. The summed E-state index contributed by atoms with van der Waals surface area (Å²) >= 11 is 0. The van der Waals surface area contributed by atoms with Crippen LogP contribution >= 0.6 is 0 Å². The molecule has 1 heterocycles. The Morgan fingerprint density at radius 3 is 2.77 bits per heavy atom. The van der Waals surface area contributed by atoms with Crippen molar-refractivity contribution in [3.63, 3.8) is 0 Å². The SMILES string of the molecule is CCC(Oc1ccccc1C)C(=O)N1CCCC1CC(=O)O. The highest BCUT2D eigenvalue weighted by atomic mass is 16.5. The number of aliphatic carboxylic acids is 1. The number of carbonyl (C=O) groups excluding carboxylic acids is 1. The summed E-state index contributed by atoms with van der Waals surface area (Å²) in [5, 5.41) is 8.97. The van der Waals surface area contributed by atoms with Gasteiger partial charge in [0.05, 0.1) is 6.42 Å². The fourth-order valence-corrected chi connectivity index (χ4v) is 2.87. The molecule has 1 amide bonds. The average molecular weight is 305 g/mol. The summed E-state index contributed by atoms with van der Waals surface area (Å²) < 4.78 is 5.88. The zero-order valence-corrected chi connectivity index (χ0v) is 13.1. The van der Waals surface area contributed by atoms with Crippen LogP contribution in [0.2, 0.25) is 0 Å². The lowest BCUT2D eigenvalue weighted by Gasteiger charge is -2.28. The molecule has 2 unspecified atom stereocenters. The monoisotopic (exact) mass is 305 g/mol. The van der Waals surface area contributed by atoms with E-state index in [9.17, 15) is 9.59 Å². The Labute approximate surface area is 130 Å². The van der Waals surface area contributed by atoms with Gasteiger partial charge in [-0.1, -0.05) is 25.1 Å². The summed E-state index contributed by atoms with van der Waals surface area (Å²) in [5.74, 6) is -0.260. The van der Waals surface area contributed by atoms with Crippen molar-refractivity contribution in [2.45, 2.75) is 51.7 Å². The lowest BCUT2D eigenvalue weighted by molar-refractivity contribution is -0.143. The maximum Gasteiger partial charge on any atom is 0.305 e. The van der Waals surface area contributed by atoms with E-state index in [0.717, 1.165) is 18.4 Å². The Hall–Kier alpha value is -2.04. The third-order valence-corrected chi connectivity index (χ3v) is 4.08. The molecule has 1 fully saturated rings. The third kappa shape index (κ3) is 3.78. The highest BCUT2D eigenvalue weighted by Gasteiger charge is 2.34. The number of nitrogens with zero attached hydrogens (tertiary/aromatic N) is 1. The van der Waals surface area contributed by atoms with E-state index >= 15 is 0 Å². The molecule has 0 radical (unpaired) electrons. The van der Waals surface area contributed by atoms with Crippen molar-refractivity contribution in [3.8, 4) is 5.75 Å². The molecule has 1 N–H and O–H groups in total.